The fourth-order valence-electron chi connectivity index (χ4n) is 2.16. The monoisotopic (exact) mass is 248 g/mol. The average Bonchev–Trinajstić information content (AvgIpc) is 2.83. The summed E-state index contributed by atoms with van der Waals surface area (Å²) >= 11 is 0. The minimum Gasteiger partial charge on any atom is -0.368 e. The van der Waals surface area contributed by atoms with Gasteiger partial charge in [-0.3, -0.25) is 4.79 Å². The minimum atomic E-state index is -0.312. The molecule has 2 rings (SSSR count). The van der Waals surface area contributed by atoms with E-state index < -0.39 is 0 Å². The smallest absolute Gasteiger partial charge is 0.249 e. The van der Waals surface area contributed by atoms with Crippen LogP contribution in [0.1, 0.15) is 24.9 Å². The first kappa shape index (κ1) is 13.1. The molecule has 1 aromatic carbocycles. The predicted molar refractivity (Wildman–Crippen MR) is 69.9 cm³/mol. The van der Waals surface area contributed by atoms with Crippen LogP contribution in [0, 0.1) is 5.92 Å². The lowest BCUT2D eigenvalue weighted by atomic mass is 10.0. The normalized spacial score (nSPS) is 24.8. The van der Waals surface area contributed by atoms with E-state index in [2.05, 4.69) is 5.32 Å². The molecule has 1 aliphatic rings. The molecule has 0 saturated carbocycles. The van der Waals surface area contributed by atoms with Crippen LogP contribution in [0.5, 0.6) is 0 Å². The van der Waals surface area contributed by atoms with E-state index in [1.54, 1.807) is 0 Å². The second-order valence-corrected chi connectivity index (χ2v) is 4.82. The van der Waals surface area contributed by atoms with Gasteiger partial charge in [0.2, 0.25) is 5.91 Å². The van der Waals surface area contributed by atoms with Crippen molar-refractivity contribution in [2.45, 2.75) is 25.5 Å². The number of rotatable bonds is 4. The third-order valence-corrected chi connectivity index (χ3v) is 3.37. The van der Waals surface area contributed by atoms with E-state index in [1.165, 1.54) is 0 Å². The number of hydrogen-bond donors (Lipinski definition) is 2. The first-order chi connectivity index (χ1) is 8.68. The zero-order chi connectivity index (χ0) is 13.0. The summed E-state index contributed by atoms with van der Waals surface area (Å²) in [6, 6.07) is 9.59. The highest BCUT2D eigenvalue weighted by atomic mass is 16.5. The summed E-state index contributed by atoms with van der Waals surface area (Å²) in [6.07, 6.45) is 0.635. The zero-order valence-electron chi connectivity index (χ0n) is 10.6. The van der Waals surface area contributed by atoms with Crippen LogP contribution in [-0.2, 0) is 9.53 Å². The fourth-order valence-corrected chi connectivity index (χ4v) is 2.16. The van der Waals surface area contributed by atoms with Crippen LogP contribution in [-0.4, -0.2) is 25.2 Å². The van der Waals surface area contributed by atoms with Crippen LogP contribution in [0.2, 0.25) is 0 Å². The summed E-state index contributed by atoms with van der Waals surface area (Å²) in [7, 11) is 0. The summed E-state index contributed by atoms with van der Waals surface area (Å²) in [5, 5.41) is 2.86. The second-order valence-electron chi connectivity index (χ2n) is 4.82. The number of benzene rings is 1. The topological polar surface area (TPSA) is 64.3 Å². The first-order valence-electron chi connectivity index (χ1n) is 6.38. The quantitative estimate of drug-likeness (QED) is 0.842. The Morgan fingerprint density at radius 3 is 2.83 bits per heavy atom. The second kappa shape index (κ2) is 5.98. The van der Waals surface area contributed by atoms with Crippen LogP contribution in [0.25, 0.3) is 0 Å². The average molecular weight is 248 g/mol. The molecule has 1 saturated heterocycles. The van der Waals surface area contributed by atoms with Crippen LogP contribution in [0.4, 0.5) is 0 Å². The van der Waals surface area contributed by atoms with Crippen molar-refractivity contribution in [3.05, 3.63) is 35.9 Å². The molecule has 3 N–H and O–H groups in total. The molecule has 0 radical (unpaired) electrons. The highest BCUT2D eigenvalue weighted by Gasteiger charge is 2.30. The number of ether oxygens (including phenoxy) is 1. The van der Waals surface area contributed by atoms with Gasteiger partial charge in [0.05, 0.1) is 0 Å². The van der Waals surface area contributed by atoms with Gasteiger partial charge in [-0.2, -0.15) is 0 Å². The number of amides is 1. The van der Waals surface area contributed by atoms with E-state index in [0.717, 1.165) is 12.0 Å². The maximum Gasteiger partial charge on any atom is 0.249 e. The van der Waals surface area contributed by atoms with Crippen LogP contribution in [0.3, 0.4) is 0 Å². The third-order valence-electron chi connectivity index (χ3n) is 3.37. The van der Waals surface area contributed by atoms with Gasteiger partial charge in [-0.1, -0.05) is 37.3 Å². The molecular weight excluding hydrogens is 228 g/mol. The molecule has 3 unspecified atom stereocenters. The number of hydrogen-bond acceptors (Lipinski definition) is 3. The Kier molecular flexibility index (Phi) is 4.33. The van der Waals surface area contributed by atoms with E-state index in [9.17, 15) is 4.79 Å². The van der Waals surface area contributed by atoms with Crippen LogP contribution < -0.4 is 11.1 Å². The van der Waals surface area contributed by atoms with E-state index in [4.69, 9.17) is 10.5 Å². The van der Waals surface area contributed by atoms with E-state index >= 15 is 0 Å². The molecule has 1 aromatic rings. The standard InChI is InChI=1S/C14H20N2O2/c1-10-7-8-18-13(10)14(17)16-9-12(15)11-5-3-2-4-6-11/h2-6,10,12-13H,7-9,15H2,1H3,(H,16,17). The van der Waals surface area contributed by atoms with Gasteiger partial charge >= 0.3 is 0 Å². The van der Waals surface area contributed by atoms with Crippen LogP contribution in [0.15, 0.2) is 30.3 Å². The lowest BCUT2D eigenvalue weighted by Crippen LogP contribution is -2.40. The third kappa shape index (κ3) is 3.09. The van der Waals surface area contributed by atoms with Gasteiger partial charge in [-0.05, 0) is 17.9 Å². The Morgan fingerprint density at radius 2 is 2.22 bits per heavy atom. The molecule has 1 aliphatic heterocycles. The van der Waals surface area contributed by atoms with Crippen molar-refractivity contribution in [1.29, 1.82) is 0 Å². The molecule has 0 bridgehead atoms. The maximum absolute atomic E-state index is 11.9. The van der Waals surface area contributed by atoms with E-state index in [0.29, 0.717) is 13.2 Å². The predicted octanol–water partition coefficient (Wildman–Crippen LogP) is 1.23. The fraction of sp³-hybridized carbons (Fsp3) is 0.500. The van der Waals surface area contributed by atoms with Gasteiger partial charge in [-0.15, -0.1) is 0 Å². The number of carbonyl (C=O) groups is 1. The Hall–Kier alpha value is -1.39. The van der Waals surface area contributed by atoms with Crippen molar-refractivity contribution in [1.82, 2.24) is 5.32 Å². The van der Waals surface area contributed by atoms with Gasteiger partial charge < -0.3 is 15.8 Å². The molecule has 0 spiro atoms. The van der Waals surface area contributed by atoms with Crippen LogP contribution >= 0.6 is 0 Å². The van der Waals surface area contributed by atoms with Gasteiger partial charge in [0.15, 0.2) is 0 Å². The highest BCUT2D eigenvalue weighted by Crippen LogP contribution is 2.20. The Balaban J connectivity index is 1.83. The molecule has 1 heterocycles. The molecule has 0 aromatic heterocycles. The molecular formula is C14H20N2O2. The van der Waals surface area contributed by atoms with Crippen molar-refractivity contribution in [3.63, 3.8) is 0 Å². The number of nitrogens with two attached hydrogens (primary N) is 1. The minimum absolute atomic E-state index is 0.0496. The highest BCUT2D eigenvalue weighted by molar-refractivity contribution is 5.81. The van der Waals surface area contributed by atoms with Gasteiger partial charge in [-0.25, -0.2) is 0 Å². The molecule has 4 nitrogen and oxygen atoms in total. The van der Waals surface area contributed by atoms with Crippen molar-refractivity contribution < 1.29 is 9.53 Å². The molecule has 0 aliphatic carbocycles. The van der Waals surface area contributed by atoms with Gasteiger partial charge in [0, 0.05) is 19.2 Å². The lowest BCUT2D eigenvalue weighted by molar-refractivity contribution is -0.131. The molecule has 98 valence electrons. The SMILES string of the molecule is CC1CCOC1C(=O)NCC(N)c1ccccc1. The Labute approximate surface area is 108 Å². The Morgan fingerprint density at radius 1 is 1.50 bits per heavy atom. The van der Waals surface area contributed by atoms with E-state index in [1.807, 2.05) is 37.3 Å². The summed E-state index contributed by atoms with van der Waals surface area (Å²) in [5.41, 5.74) is 7.05. The first-order valence-corrected chi connectivity index (χ1v) is 6.38. The summed E-state index contributed by atoms with van der Waals surface area (Å²) in [4.78, 5) is 11.9. The summed E-state index contributed by atoms with van der Waals surface area (Å²) < 4.78 is 5.41. The largest absolute Gasteiger partial charge is 0.368 e. The molecule has 18 heavy (non-hydrogen) atoms. The van der Waals surface area contributed by atoms with Crippen molar-refractivity contribution >= 4 is 5.91 Å². The lowest BCUT2D eigenvalue weighted by Gasteiger charge is -2.17. The summed E-state index contributed by atoms with van der Waals surface area (Å²) in [6.45, 7) is 3.15. The number of carbonyl (C=O) groups excluding carboxylic acids is 1. The maximum atomic E-state index is 11.9. The molecule has 1 fully saturated rings. The van der Waals surface area contributed by atoms with Gasteiger partial charge in [0.1, 0.15) is 6.10 Å². The zero-order valence-corrected chi connectivity index (χ0v) is 10.6. The molecule has 3 atom stereocenters. The molecule has 4 heteroatoms. The number of nitrogens with one attached hydrogen (secondary N) is 1. The molecule has 1 amide bonds. The van der Waals surface area contributed by atoms with Crippen molar-refractivity contribution in [2.24, 2.45) is 11.7 Å². The summed E-state index contributed by atoms with van der Waals surface area (Å²) in [5.74, 6) is 0.240. The van der Waals surface area contributed by atoms with Crippen molar-refractivity contribution in [2.75, 3.05) is 13.2 Å². The van der Waals surface area contributed by atoms with Crippen molar-refractivity contribution in [3.8, 4) is 0 Å². The van der Waals surface area contributed by atoms with Gasteiger partial charge in [0.25, 0.3) is 0 Å². The Bertz CT molecular complexity index is 394. The van der Waals surface area contributed by atoms with E-state index in [-0.39, 0.29) is 24.0 Å².